The van der Waals surface area contributed by atoms with E-state index in [0.29, 0.717) is 41.7 Å². The first-order valence-electron chi connectivity index (χ1n) is 5.17. The zero-order chi connectivity index (χ0) is 11.8. The van der Waals surface area contributed by atoms with Crippen molar-refractivity contribution in [1.29, 1.82) is 0 Å². The fraction of sp³-hybridized carbons (Fsp3) is 0.182. The van der Waals surface area contributed by atoms with Gasteiger partial charge in [0.15, 0.2) is 11.5 Å². The second-order valence-corrected chi connectivity index (χ2v) is 3.71. The van der Waals surface area contributed by atoms with Gasteiger partial charge in [-0.1, -0.05) is 0 Å². The number of aromatic amines is 1. The Balaban J connectivity index is 2.15. The Morgan fingerprint density at radius 2 is 1.88 bits per heavy atom. The molecule has 0 atom stereocenters. The number of phenolic OH excluding ortho intramolecular Hbond substituents is 1. The number of benzene rings is 1. The van der Waals surface area contributed by atoms with E-state index in [2.05, 4.69) is 10.2 Å². The number of ether oxygens (including phenoxy) is 2. The van der Waals surface area contributed by atoms with Gasteiger partial charge in [0.1, 0.15) is 24.8 Å². The molecule has 88 valence electrons. The van der Waals surface area contributed by atoms with E-state index in [1.165, 1.54) is 6.07 Å². The number of nitrogens with one attached hydrogen (secondary N) is 1. The highest BCUT2D eigenvalue weighted by Gasteiger charge is 2.18. The van der Waals surface area contributed by atoms with Gasteiger partial charge in [-0.25, -0.2) is 0 Å². The second kappa shape index (κ2) is 3.58. The van der Waals surface area contributed by atoms with Gasteiger partial charge in [0.2, 0.25) is 0 Å². The first-order chi connectivity index (χ1) is 8.25. The quantitative estimate of drug-likeness (QED) is 0.686. The summed E-state index contributed by atoms with van der Waals surface area (Å²) in [4.78, 5) is 0. The SMILES string of the molecule is Nc1[nH]ncc1-c1cc2c(cc1O)OCCO2. The van der Waals surface area contributed by atoms with E-state index in [9.17, 15) is 5.11 Å². The molecule has 17 heavy (non-hydrogen) atoms. The molecular formula is C11H11N3O3. The first-order valence-corrected chi connectivity index (χ1v) is 5.17. The Bertz CT molecular complexity index is 565. The van der Waals surface area contributed by atoms with Crippen molar-refractivity contribution in [2.24, 2.45) is 0 Å². The van der Waals surface area contributed by atoms with Crippen LogP contribution in [0.1, 0.15) is 0 Å². The van der Waals surface area contributed by atoms with Crippen LogP contribution in [0.4, 0.5) is 5.82 Å². The molecule has 1 aliphatic heterocycles. The number of phenols is 1. The highest BCUT2D eigenvalue weighted by molar-refractivity contribution is 5.80. The molecule has 1 aromatic carbocycles. The normalized spacial score (nSPS) is 13.6. The Hall–Kier alpha value is -2.37. The summed E-state index contributed by atoms with van der Waals surface area (Å²) in [5.74, 6) is 1.63. The maximum Gasteiger partial charge on any atom is 0.165 e. The van der Waals surface area contributed by atoms with Crippen LogP contribution < -0.4 is 15.2 Å². The molecule has 0 bridgehead atoms. The van der Waals surface area contributed by atoms with Crippen LogP contribution in [0.5, 0.6) is 17.2 Å². The van der Waals surface area contributed by atoms with Crippen molar-refractivity contribution in [3.63, 3.8) is 0 Å². The molecule has 3 rings (SSSR count). The number of anilines is 1. The smallest absolute Gasteiger partial charge is 0.165 e. The number of nitrogens with two attached hydrogens (primary N) is 1. The molecule has 0 saturated heterocycles. The largest absolute Gasteiger partial charge is 0.507 e. The molecular weight excluding hydrogens is 222 g/mol. The molecule has 0 spiro atoms. The molecule has 6 heteroatoms. The van der Waals surface area contributed by atoms with Crippen LogP contribution in [0.15, 0.2) is 18.3 Å². The monoisotopic (exact) mass is 233 g/mol. The third kappa shape index (κ3) is 1.54. The topological polar surface area (TPSA) is 93.4 Å². The van der Waals surface area contributed by atoms with Gasteiger partial charge in [-0.15, -0.1) is 0 Å². The van der Waals surface area contributed by atoms with Crippen LogP contribution >= 0.6 is 0 Å². The Labute approximate surface area is 97.0 Å². The molecule has 2 aromatic rings. The average molecular weight is 233 g/mol. The van der Waals surface area contributed by atoms with E-state index in [1.54, 1.807) is 12.3 Å². The third-order valence-electron chi connectivity index (χ3n) is 2.62. The van der Waals surface area contributed by atoms with Crippen molar-refractivity contribution in [2.75, 3.05) is 18.9 Å². The van der Waals surface area contributed by atoms with E-state index >= 15 is 0 Å². The van der Waals surface area contributed by atoms with Gasteiger partial charge in [0.05, 0.1) is 6.20 Å². The predicted octanol–water partition coefficient (Wildman–Crippen LogP) is 1.14. The van der Waals surface area contributed by atoms with Gasteiger partial charge >= 0.3 is 0 Å². The minimum atomic E-state index is 0.0855. The van der Waals surface area contributed by atoms with Crippen LogP contribution in [0.2, 0.25) is 0 Å². The molecule has 0 amide bonds. The number of fused-ring (bicyclic) bond motifs is 1. The number of hydrogen-bond acceptors (Lipinski definition) is 5. The number of aromatic hydroxyl groups is 1. The zero-order valence-corrected chi connectivity index (χ0v) is 8.93. The van der Waals surface area contributed by atoms with E-state index < -0.39 is 0 Å². The van der Waals surface area contributed by atoms with Gasteiger partial charge < -0.3 is 20.3 Å². The van der Waals surface area contributed by atoms with Crippen molar-refractivity contribution < 1.29 is 14.6 Å². The summed E-state index contributed by atoms with van der Waals surface area (Å²) in [6.45, 7) is 0.984. The fourth-order valence-corrected chi connectivity index (χ4v) is 1.80. The van der Waals surface area contributed by atoms with Gasteiger partial charge in [-0.2, -0.15) is 5.10 Å². The van der Waals surface area contributed by atoms with Crippen LogP contribution in [0, 0.1) is 0 Å². The first kappa shape index (κ1) is 9.83. The maximum absolute atomic E-state index is 9.93. The minimum absolute atomic E-state index is 0.0855. The summed E-state index contributed by atoms with van der Waals surface area (Å²) >= 11 is 0. The van der Waals surface area contributed by atoms with E-state index in [1.807, 2.05) is 0 Å². The molecule has 0 unspecified atom stereocenters. The molecule has 4 N–H and O–H groups in total. The maximum atomic E-state index is 9.93. The van der Waals surface area contributed by atoms with Crippen molar-refractivity contribution in [2.45, 2.75) is 0 Å². The standard InChI is InChI=1S/C11H11N3O3/c12-11-7(5-13-14-11)6-3-9-10(4-8(6)15)17-2-1-16-9/h3-5,15H,1-2H2,(H3,12,13,14). The van der Waals surface area contributed by atoms with Gasteiger partial charge in [-0.05, 0) is 6.07 Å². The number of nitrogens with zero attached hydrogens (tertiary/aromatic N) is 1. The summed E-state index contributed by atoms with van der Waals surface area (Å²) < 4.78 is 10.8. The lowest BCUT2D eigenvalue weighted by atomic mass is 10.1. The number of aromatic nitrogens is 2. The number of rotatable bonds is 1. The Morgan fingerprint density at radius 3 is 2.53 bits per heavy atom. The summed E-state index contributed by atoms with van der Waals surface area (Å²) in [6.07, 6.45) is 1.56. The van der Waals surface area contributed by atoms with E-state index in [0.717, 1.165) is 0 Å². The van der Waals surface area contributed by atoms with Crippen molar-refractivity contribution in [3.8, 4) is 28.4 Å². The molecule has 2 heterocycles. The molecule has 1 aliphatic rings. The Morgan fingerprint density at radius 1 is 1.18 bits per heavy atom. The molecule has 0 fully saturated rings. The van der Waals surface area contributed by atoms with E-state index in [4.69, 9.17) is 15.2 Å². The van der Waals surface area contributed by atoms with Crippen molar-refractivity contribution in [3.05, 3.63) is 18.3 Å². The molecule has 1 aromatic heterocycles. The van der Waals surface area contributed by atoms with Crippen LogP contribution in [0.3, 0.4) is 0 Å². The van der Waals surface area contributed by atoms with Gasteiger partial charge in [-0.3, -0.25) is 5.10 Å². The van der Waals surface area contributed by atoms with E-state index in [-0.39, 0.29) is 5.75 Å². The van der Waals surface area contributed by atoms with Crippen LogP contribution in [0.25, 0.3) is 11.1 Å². The highest BCUT2D eigenvalue weighted by Crippen LogP contribution is 2.41. The number of nitrogen functional groups attached to an aromatic ring is 1. The van der Waals surface area contributed by atoms with Crippen LogP contribution in [-0.2, 0) is 0 Å². The third-order valence-corrected chi connectivity index (χ3v) is 2.62. The summed E-state index contributed by atoms with van der Waals surface area (Å²) in [5.41, 5.74) is 6.92. The lowest BCUT2D eigenvalue weighted by Gasteiger charge is -2.19. The zero-order valence-electron chi connectivity index (χ0n) is 8.93. The molecule has 0 radical (unpaired) electrons. The van der Waals surface area contributed by atoms with Crippen LogP contribution in [-0.4, -0.2) is 28.5 Å². The van der Waals surface area contributed by atoms with Gasteiger partial charge in [0.25, 0.3) is 0 Å². The molecule has 6 nitrogen and oxygen atoms in total. The highest BCUT2D eigenvalue weighted by atomic mass is 16.6. The minimum Gasteiger partial charge on any atom is -0.507 e. The van der Waals surface area contributed by atoms with Crippen molar-refractivity contribution in [1.82, 2.24) is 10.2 Å². The summed E-state index contributed by atoms with van der Waals surface area (Å²) in [7, 11) is 0. The fourth-order valence-electron chi connectivity index (χ4n) is 1.80. The van der Waals surface area contributed by atoms with Crippen molar-refractivity contribution >= 4 is 5.82 Å². The lowest BCUT2D eigenvalue weighted by molar-refractivity contribution is 0.171. The second-order valence-electron chi connectivity index (χ2n) is 3.71. The Kier molecular flexibility index (Phi) is 2.07. The molecule has 0 saturated carbocycles. The summed E-state index contributed by atoms with van der Waals surface area (Å²) in [5, 5.41) is 16.4. The molecule has 0 aliphatic carbocycles. The number of H-pyrrole nitrogens is 1. The summed E-state index contributed by atoms with van der Waals surface area (Å²) in [6, 6.07) is 3.22. The predicted molar refractivity (Wildman–Crippen MR) is 61.1 cm³/mol. The average Bonchev–Trinajstić information content (AvgIpc) is 2.74. The number of hydrogen-bond donors (Lipinski definition) is 3. The van der Waals surface area contributed by atoms with Gasteiger partial charge in [0, 0.05) is 17.2 Å². The lowest BCUT2D eigenvalue weighted by Crippen LogP contribution is -2.15.